The Balaban J connectivity index is 2.27. The number of furan rings is 1. The van der Waals surface area contributed by atoms with E-state index < -0.39 is 0 Å². The summed E-state index contributed by atoms with van der Waals surface area (Å²) in [6.45, 7) is 6.79. The molecule has 1 aromatic carbocycles. The van der Waals surface area contributed by atoms with Crippen LogP contribution in [-0.2, 0) is 5.41 Å². The van der Waals surface area contributed by atoms with Gasteiger partial charge in [0, 0.05) is 0 Å². The van der Waals surface area contributed by atoms with Gasteiger partial charge in [0.1, 0.15) is 5.76 Å². The molecule has 2 nitrogen and oxygen atoms in total. The number of hydrogen-bond acceptors (Lipinski definition) is 2. The second-order valence-corrected chi connectivity index (χ2v) is 5.60. The van der Waals surface area contributed by atoms with Crippen LogP contribution in [0.5, 0.6) is 0 Å². The molecular weight excluding hydrogens is 234 g/mol. The summed E-state index contributed by atoms with van der Waals surface area (Å²) in [6, 6.07) is 12.9. The molecule has 0 fully saturated rings. The topological polar surface area (TPSA) is 25.2 Å². The maximum absolute atomic E-state index is 5.50. The summed E-state index contributed by atoms with van der Waals surface area (Å²) >= 11 is 0. The van der Waals surface area contributed by atoms with Crippen molar-refractivity contribution in [1.29, 1.82) is 0 Å². The third kappa shape index (κ3) is 2.90. The molecule has 1 aromatic heterocycles. The van der Waals surface area contributed by atoms with Crippen LogP contribution >= 0.6 is 0 Å². The van der Waals surface area contributed by atoms with Crippen LogP contribution in [0.4, 0.5) is 0 Å². The first kappa shape index (κ1) is 13.9. The fourth-order valence-electron chi connectivity index (χ4n) is 2.26. The second kappa shape index (κ2) is 5.62. The van der Waals surface area contributed by atoms with Gasteiger partial charge >= 0.3 is 0 Å². The Labute approximate surface area is 115 Å². The molecule has 0 radical (unpaired) electrons. The van der Waals surface area contributed by atoms with Gasteiger partial charge in [0.05, 0.1) is 12.3 Å². The maximum atomic E-state index is 5.50. The van der Waals surface area contributed by atoms with E-state index in [4.69, 9.17) is 4.42 Å². The van der Waals surface area contributed by atoms with Gasteiger partial charge in [0.25, 0.3) is 0 Å². The van der Waals surface area contributed by atoms with Crippen molar-refractivity contribution < 1.29 is 4.42 Å². The van der Waals surface area contributed by atoms with Gasteiger partial charge in [-0.25, -0.2) is 0 Å². The number of hydrogen-bond donors (Lipinski definition) is 1. The molecule has 1 unspecified atom stereocenters. The van der Waals surface area contributed by atoms with E-state index in [1.165, 1.54) is 11.1 Å². The van der Waals surface area contributed by atoms with Crippen LogP contribution in [0.3, 0.4) is 0 Å². The zero-order chi connectivity index (χ0) is 13.9. The zero-order valence-corrected chi connectivity index (χ0v) is 12.2. The molecule has 102 valence electrons. The van der Waals surface area contributed by atoms with Crippen molar-refractivity contribution in [1.82, 2.24) is 5.32 Å². The highest BCUT2D eigenvalue weighted by molar-refractivity contribution is 5.32. The number of benzene rings is 1. The lowest BCUT2D eigenvalue weighted by atomic mass is 9.82. The lowest BCUT2D eigenvalue weighted by Crippen LogP contribution is -2.18. The second-order valence-electron chi connectivity index (χ2n) is 5.60. The van der Waals surface area contributed by atoms with E-state index >= 15 is 0 Å². The van der Waals surface area contributed by atoms with E-state index in [9.17, 15) is 0 Å². The first-order valence-corrected chi connectivity index (χ1v) is 6.89. The molecule has 2 heteroatoms. The summed E-state index contributed by atoms with van der Waals surface area (Å²) in [6.07, 6.45) is 2.86. The molecule has 0 spiro atoms. The average Bonchev–Trinajstić information content (AvgIpc) is 2.94. The fourth-order valence-corrected chi connectivity index (χ4v) is 2.26. The molecule has 2 aromatic rings. The van der Waals surface area contributed by atoms with Crippen LogP contribution in [0.25, 0.3) is 0 Å². The van der Waals surface area contributed by atoms with Crippen LogP contribution in [0.2, 0.25) is 0 Å². The van der Waals surface area contributed by atoms with Gasteiger partial charge in [-0.2, -0.15) is 0 Å². The Morgan fingerprint density at radius 1 is 1.16 bits per heavy atom. The van der Waals surface area contributed by atoms with Crippen molar-refractivity contribution in [3.8, 4) is 0 Å². The lowest BCUT2D eigenvalue weighted by Gasteiger charge is -2.24. The third-order valence-corrected chi connectivity index (χ3v) is 4.03. The van der Waals surface area contributed by atoms with Crippen LogP contribution in [0.1, 0.15) is 50.1 Å². The molecule has 1 N–H and O–H groups in total. The average molecular weight is 257 g/mol. The molecule has 0 aliphatic rings. The van der Waals surface area contributed by atoms with Crippen molar-refractivity contribution in [3.63, 3.8) is 0 Å². The minimum Gasteiger partial charge on any atom is -0.467 e. The lowest BCUT2D eigenvalue weighted by molar-refractivity contribution is 0.463. The van der Waals surface area contributed by atoms with Crippen LogP contribution in [0.15, 0.2) is 47.1 Å². The van der Waals surface area contributed by atoms with Crippen LogP contribution < -0.4 is 5.32 Å². The molecule has 0 aliphatic heterocycles. The Hall–Kier alpha value is -1.54. The smallest absolute Gasteiger partial charge is 0.125 e. The Morgan fingerprint density at radius 2 is 1.84 bits per heavy atom. The van der Waals surface area contributed by atoms with Gasteiger partial charge in [-0.05, 0) is 42.1 Å². The first-order chi connectivity index (χ1) is 9.08. The monoisotopic (exact) mass is 257 g/mol. The number of rotatable bonds is 5. The summed E-state index contributed by atoms with van der Waals surface area (Å²) in [7, 11) is 1.96. The quantitative estimate of drug-likeness (QED) is 0.865. The van der Waals surface area contributed by atoms with Gasteiger partial charge in [-0.3, -0.25) is 0 Å². The summed E-state index contributed by atoms with van der Waals surface area (Å²) in [4.78, 5) is 0. The van der Waals surface area contributed by atoms with Gasteiger partial charge in [-0.15, -0.1) is 0 Å². The van der Waals surface area contributed by atoms with Crippen molar-refractivity contribution in [2.45, 2.75) is 38.6 Å². The van der Waals surface area contributed by atoms with Crippen LogP contribution in [0, 0.1) is 0 Å². The molecule has 0 saturated heterocycles. The largest absolute Gasteiger partial charge is 0.467 e. The molecule has 0 aliphatic carbocycles. The van der Waals surface area contributed by atoms with E-state index in [1.807, 2.05) is 19.2 Å². The summed E-state index contributed by atoms with van der Waals surface area (Å²) < 4.78 is 5.50. The highest BCUT2D eigenvalue weighted by atomic mass is 16.3. The molecule has 1 heterocycles. The molecule has 0 amide bonds. The maximum Gasteiger partial charge on any atom is 0.125 e. The minimum atomic E-state index is 0.119. The first-order valence-electron chi connectivity index (χ1n) is 6.89. The van der Waals surface area contributed by atoms with Crippen molar-refractivity contribution in [3.05, 3.63) is 59.5 Å². The van der Waals surface area contributed by atoms with E-state index in [2.05, 4.69) is 50.4 Å². The van der Waals surface area contributed by atoms with Gasteiger partial charge in [-0.1, -0.05) is 45.0 Å². The van der Waals surface area contributed by atoms with Gasteiger partial charge in [0.2, 0.25) is 0 Å². The highest BCUT2D eigenvalue weighted by Gasteiger charge is 2.19. The standard InChI is InChI=1S/C17H23NO/c1-5-17(2,3)14-10-8-13(9-11-14)16(18-4)15-7-6-12-19-15/h6-12,16,18H,5H2,1-4H3. The van der Waals surface area contributed by atoms with Crippen LogP contribution in [-0.4, -0.2) is 7.05 Å². The number of nitrogens with one attached hydrogen (secondary N) is 1. The van der Waals surface area contributed by atoms with E-state index in [1.54, 1.807) is 6.26 Å². The Kier molecular flexibility index (Phi) is 4.11. The summed E-state index contributed by atoms with van der Waals surface area (Å²) in [5, 5.41) is 3.30. The minimum absolute atomic E-state index is 0.119. The van der Waals surface area contributed by atoms with E-state index in [-0.39, 0.29) is 11.5 Å². The van der Waals surface area contributed by atoms with Crippen molar-refractivity contribution >= 4 is 0 Å². The normalized spacial score (nSPS) is 13.5. The molecular formula is C17H23NO. The summed E-state index contributed by atoms with van der Waals surface area (Å²) in [5.74, 6) is 0.949. The van der Waals surface area contributed by atoms with E-state index in [0.29, 0.717) is 0 Å². The Bertz CT molecular complexity index is 497. The third-order valence-electron chi connectivity index (χ3n) is 4.03. The summed E-state index contributed by atoms with van der Waals surface area (Å²) in [5.41, 5.74) is 2.85. The molecule has 19 heavy (non-hydrogen) atoms. The van der Waals surface area contributed by atoms with E-state index in [0.717, 1.165) is 12.2 Å². The highest BCUT2D eigenvalue weighted by Crippen LogP contribution is 2.29. The Morgan fingerprint density at radius 3 is 2.32 bits per heavy atom. The van der Waals surface area contributed by atoms with Gasteiger partial charge in [0.15, 0.2) is 0 Å². The van der Waals surface area contributed by atoms with Gasteiger partial charge < -0.3 is 9.73 Å². The van der Waals surface area contributed by atoms with Crippen molar-refractivity contribution in [2.24, 2.45) is 0 Å². The fraction of sp³-hybridized carbons (Fsp3) is 0.412. The molecule has 1 atom stereocenters. The zero-order valence-electron chi connectivity index (χ0n) is 12.2. The molecule has 2 rings (SSSR count). The molecule has 0 saturated carbocycles. The van der Waals surface area contributed by atoms with Crippen molar-refractivity contribution in [2.75, 3.05) is 7.05 Å². The SMILES string of the molecule is CCC(C)(C)c1ccc(C(NC)c2ccco2)cc1. The predicted octanol–water partition coefficient (Wildman–Crippen LogP) is 4.28. The predicted molar refractivity (Wildman–Crippen MR) is 79.4 cm³/mol. The molecule has 0 bridgehead atoms.